The number of hydrogen-bond donors (Lipinski definition) is 0. The second-order valence-electron chi connectivity index (χ2n) is 11.5. The highest BCUT2D eigenvalue weighted by molar-refractivity contribution is 4.72. The molecule has 1 heterocycles. The van der Waals surface area contributed by atoms with Crippen molar-refractivity contribution < 1.29 is 4.57 Å². The molecule has 2 nitrogen and oxygen atoms in total. The van der Waals surface area contributed by atoms with Crippen LogP contribution in [-0.2, 0) is 6.54 Å². The van der Waals surface area contributed by atoms with Crippen LogP contribution in [0.1, 0.15) is 187 Å². The summed E-state index contributed by atoms with van der Waals surface area (Å²) in [6, 6.07) is 0.641. The molecule has 1 unspecified atom stereocenters. The van der Waals surface area contributed by atoms with Crippen LogP contribution in [0, 0.1) is 0 Å². The molecule has 35 heavy (non-hydrogen) atoms. The summed E-state index contributed by atoms with van der Waals surface area (Å²) in [6.45, 7) is 8.17. The smallest absolute Gasteiger partial charge is 0.237 e. The second-order valence-corrected chi connectivity index (χ2v) is 11.5. The van der Waals surface area contributed by atoms with Gasteiger partial charge in [0.05, 0.1) is 12.6 Å². The lowest BCUT2D eigenvalue weighted by molar-refractivity contribution is -0.697. The summed E-state index contributed by atoms with van der Waals surface area (Å²) >= 11 is 0. The van der Waals surface area contributed by atoms with E-state index >= 15 is 0 Å². The lowest BCUT2D eigenvalue weighted by atomic mass is 10.0. The Morgan fingerprint density at radius 2 is 0.886 bits per heavy atom. The van der Waals surface area contributed by atoms with Crippen molar-refractivity contribution >= 4 is 0 Å². The fourth-order valence-electron chi connectivity index (χ4n) is 5.37. The third kappa shape index (κ3) is 20.0. The zero-order valence-corrected chi connectivity index (χ0v) is 24.6. The largest absolute Gasteiger partial charge is 0.243 e. The van der Waals surface area contributed by atoms with E-state index in [4.69, 9.17) is 0 Å². The van der Waals surface area contributed by atoms with E-state index in [1.165, 1.54) is 167 Å². The Balaban J connectivity index is 1.84. The quantitative estimate of drug-likeness (QED) is 0.0858. The average molecular weight is 490 g/mol. The Bertz CT molecular complexity index is 535. The maximum atomic E-state index is 2.43. The van der Waals surface area contributed by atoms with E-state index in [1.54, 1.807) is 0 Å². The summed E-state index contributed by atoms with van der Waals surface area (Å²) in [5.74, 6) is 0. The standard InChI is InChI=1S/C33H65N2/c1-4-6-8-10-12-13-14-15-16-17-18-19-20-21-22-23-25-27-29-34-30-31-35(32-34)33(3)28-26-24-11-9-7-5-2/h30-33H,4-29H2,1-3H3/q+1. The van der Waals surface area contributed by atoms with Crippen LogP contribution in [-0.4, -0.2) is 4.57 Å². The summed E-state index contributed by atoms with van der Waals surface area (Å²) < 4.78 is 4.84. The van der Waals surface area contributed by atoms with Crippen molar-refractivity contribution in [2.24, 2.45) is 0 Å². The van der Waals surface area contributed by atoms with Crippen molar-refractivity contribution in [1.29, 1.82) is 0 Å². The van der Waals surface area contributed by atoms with Gasteiger partial charge in [-0.25, -0.2) is 9.13 Å². The first-order valence-electron chi connectivity index (χ1n) is 16.3. The highest BCUT2D eigenvalue weighted by Gasteiger charge is 2.11. The van der Waals surface area contributed by atoms with Gasteiger partial charge in [0.2, 0.25) is 6.33 Å². The summed E-state index contributed by atoms with van der Waals surface area (Å²) in [7, 11) is 0. The van der Waals surface area contributed by atoms with Gasteiger partial charge < -0.3 is 0 Å². The maximum absolute atomic E-state index is 2.43. The van der Waals surface area contributed by atoms with E-state index < -0.39 is 0 Å². The lowest BCUT2D eigenvalue weighted by Gasteiger charge is -2.07. The third-order valence-corrected chi connectivity index (χ3v) is 7.97. The van der Waals surface area contributed by atoms with E-state index in [0.717, 1.165) is 0 Å². The van der Waals surface area contributed by atoms with Crippen LogP contribution in [0.4, 0.5) is 0 Å². The van der Waals surface area contributed by atoms with Crippen LogP contribution in [0.15, 0.2) is 18.7 Å². The highest BCUT2D eigenvalue weighted by atomic mass is 15.1. The third-order valence-electron chi connectivity index (χ3n) is 7.97. The second kappa shape index (κ2) is 24.9. The molecule has 0 aliphatic heterocycles. The minimum Gasteiger partial charge on any atom is -0.237 e. The first-order valence-corrected chi connectivity index (χ1v) is 16.3. The van der Waals surface area contributed by atoms with Crippen LogP contribution < -0.4 is 4.57 Å². The monoisotopic (exact) mass is 490 g/mol. The molecule has 0 saturated heterocycles. The van der Waals surface area contributed by atoms with Gasteiger partial charge in [-0.1, -0.05) is 149 Å². The Labute approximate surface area is 221 Å². The lowest BCUT2D eigenvalue weighted by Crippen LogP contribution is -2.31. The van der Waals surface area contributed by atoms with Crippen molar-refractivity contribution in [3.63, 3.8) is 0 Å². The number of unbranched alkanes of at least 4 members (excludes halogenated alkanes) is 22. The fourth-order valence-corrected chi connectivity index (χ4v) is 5.37. The molecule has 0 saturated carbocycles. The van der Waals surface area contributed by atoms with E-state index in [0.29, 0.717) is 6.04 Å². The topological polar surface area (TPSA) is 8.81 Å². The van der Waals surface area contributed by atoms with Gasteiger partial charge in [0, 0.05) is 0 Å². The van der Waals surface area contributed by atoms with Gasteiger partial charge in [-0.3, -0.25) is 0 Å². The molecule has 0 aliphatic carbocycles. The molecule has 206 valence electrons. The van der Waals surface area contributed by atoms with Gasteiger partial charge in [0.15, 0.2) is 0 Å². The maximum Gasteiger partial charge on any atom is 0.243 e. The molecule has 0 amide bonds. The van der Waals surface area contributed by atoms with E-state index in [1.807, 2.05) is 0 Å². The van der Waals surface area contributed by atoms with Crippen LogP contribution in [0.5, 0.6) is 0 Å². The van der Waals surface area contributed by atoms with Crippen molar-refractivity contribution in [1.82, 2.24) is 4.57 Å². The summed E-state index contributed by atoms with van der Waals surface area (Å²) in [6.07, 6.45) is 42.7. The number of aryl methyl sites for hydroxylation is 1. The van der Waals surface area contributed by atoms with Gasteiger partial charge in [-0.15, -0.1) is 0 Å². The Morgan fingerprint density at radius 3 is 1.31 bits per heavy atom. The Kier molecular flexibility index (Phi) is 22.9. The first kappa shape index (κ1) is 32.2. The average Bonchev–Trinajstić information content (AvgIpc) is 3.34. The van der Waals surface area contributed by atoms with Crippen LogP contribution in [0.2, 0.25) is 0 Å². The molecule has 0 fully saturated rings. The molecule has 0 N–H and O–H groups in total. The summed E-state index contributed by atoms with van der Waals surface area (Å²) in [4.78, 5) is 0. The summed E-state index contributed by atoms with van der Waals surface area (Å²) in [5, 5.41) is 0. The number of rotatable bonds is 27. The number of hydrogen-bond acceptors (Lipinski definition) is 0. The highest BCUT2D eigenvalue weighted by Crippen LogP contribution is 2.16. The molecule has 0 spiro atoms. The molecule has 1 atom stereocenters. The predicted octanol–water partition coefficient (Wildman–Crippen LogP) is 11.1. The van der Waals surface area contributed by atoms with E-state index in [9.17, 15) is 0 Å². The predicted molar refractivity (Wildman–Crippen MR) is 156 cm³/mol. The van der Waals surface area contributed by atoms with Crippen LogP contribution in [0.3, 0.4) is 0 Å². The zero-order chi connectivity index (χ0) is 25.2. The number of nitrogens with zero attached hydrogens (tertiary/aromatic N) is 2. The van der Waals surface area contributed by atoms with Crippen LogP contribution >= 0.6 is 0 Å². The molecule has 0 aromatic carbocycles. The van der Waals surface area contributed by atoms with Gasteiger partial charge in [0.25, 0.3) is 0 Å². The Hall–Kier alpha value is -0.790. The van der Waals surface area contributed by atoms with Gasteiger partial charge in [0.1, 0.15) is 12.4 Å². The van der Waals surface area contributed by atoms with Crippen LogP contribution in [0.25, 0.3) is 0 Å². The molecular weight excluding hydrogens is 424 g/mol. The summed E-state index contributed by atoms with van der Waals surface area (Å²) in [5.41, 5.74) is 0. The molecule has 0 radical (unpaired) electrons. The molecule has 2 heteroatoms. The van der Waals surface area contributed by atoms with Crippen molar-refractivity contribution in [2.45, 2.75) is 194 Å². The molecule has 0 aliphatic rings. The van der Waals surface area contributed by atoms with Crippen molar-refractivity contribution in [3.05, 3.63) is 18.7 Å². The minimum atomic E-state index is 0.641. The SMILES string of the molecule is CCCCCCCCCCCCCCCCCCCC[n+]1ccn(C(C)CCCCCCCC)c1. The fraction of sp³-hybridized carbons (Fsp3) is 0.909. The zero-order valence-electron chi connectivity index (χ0n) is 24.6. The molecule has 1 aromatic rings. The van der Waals surface area contributed by atoms with E-state index in [2.05, 4.69) is 48.6 Å². The van der Waals surface area contributed by atoms with Crippen molar-refractivity contribution in [2.75, 3.05) is 0 Å². The van der Waals surface area contributed by atoms with E-state index in [-0.39, 0.29) is 0 Å². The number of imidazole rings is 1. The van der Waals surface area contributed by atoms with Gasteiger partial charge in [-0.2, -0.15) is 0 Å². The Morgan fingerprint density at radius 1 is 0.514 bits per heavy atom. The minimum absolute atomic E-state index is 0.641. The first-order chi connectivity index (χ1) is 17.3. The normalized spacial score (nSPS) is 12.4. The van der Waals surface area contributed by atoms with Gasteiger partial charge in [-0.05, 0) is 32.6 Å². The molecule has 1 rings (SSSR count). The van der Waals surface area contributed by atoms with Crippen molar-refractivity contribution in [3.8, 4) is 0 Å². The molecular formula is C33H65N2+. The molecule has 1 aromatic heterocycles. The molecule has 0 bridgehead atoms. The van der Waals surface area contributed by atoms with Gasteiger partial charge >= 0.3 is 0 Å². The number of aromatic nitrogens is 2.